The Morgan fingerprint density at radius 1 is 0.939 bits per heavy atom. The molecular formula is C26H30N4O2S. The van der Waals surface area contributed by atoms with Crippen LogP contribution in [0.25, 0.3) is 16.6 Å². The SMILES string of the molecule is Cc1cccc(-n2ncc3c(NC[C@H](C)NS(=O)(=O)c4c(C)cc(C)cc4C)cccc32)c1. The van der Waals surface area contributed by atoms with Crippen molar-refractivity contribution in [1.82, 2.24) is 14.5 Å². The summed E-state index contributed by atoms with van der Waals surface area (Å²) in [6, 6.07) is 17.7. The van der Waals surface area contributed by atoms with Gasteiger partial charge < -0.3 is 5.32 Å². The highest BCUT2D eigenvalue weighted by molar-refractivity contribution is 7.89. The third kappa shape index (κ3) is 4.79. The molecule has 0 radical (unpaired) electrons. The normalized spacial score (nSPS) is 12.8. The Bertz CT molecular complexity index is 1400. The maximum absolute atomic E-state index is 13.1. The molecular weight excluding hydrogens is 432 g/mol. The Morgan fingerprint density at radius 3 is 2.33 bits per heavy atom. The van der Waals surface area contributed by atoms with Crippen LogP contribution < -0.4 is 10.0 Å². The highest BCUT2D eigenvalue weighted by Crippen LogP contribution is 2.26. The zero-order chi connectivity index (χ0) is 23.8. The van der Waals surface area contributed by atoms with E-state index >= 15 is 0 Å². The summed E-state index contributed by atoms with van der Waals surface area (Å²) in [6.45, 7) is 10.0. The molecule has 4 rings (SSSR count). The van der Waals surface area contributed by atoms with Crippen molar-refractivity contribution in [3.05, 3.63) is 83.0 Å². The maximum Gasteiger partial charge on any atom is 0.241 e. The molecule has 0 unspecified atom stereocenters. The highest BCUT2D eigenvalue weighted by Gasteiger charge is 2.22. The molecule has 0 spiro atoms. The first-order chi connectivity index (χ1) is 15.7. The Balaban J connectivity index is 1.52. The second kappa shape index (κ2) is 9.00. The zero-order valence-corrected chi connectivity index (χ0v) is 20.5. The lowest BCUT2D eigenvalue weighted by atomic mass is 10.1. The van der Waals surface area contributed by atoms with E-state index in [2.05, 4.69) is 34.2 Å². The number of sulfonamides is 1. The number of aryl methyl sites for hydroxylation is 4. The molecule has 0 aliphatic rings. The molecule has 0 aliphatic heterocycles. The van der Waals surface area contributed by atoms with E-state index in [0.717, 1.165) is 39.0 Å². The number of anilines is 1. The zero-order valence-electron chi connectivity index (χ0n) is 19.7. The summed E-state index contributed by atoms with van der Waals surface area (Å²) in [5.74, 6) is 0. The molecule has 3 aromatic carbocycles. The Labute approximate surface area is 195 Å². The molecule has 0 saturated heterocycles. The Kier molecular flexibility index (Phi) is 6.28. The summed E-state index contributed by atoms with van der Waals surface area (Å²) >= 11 is 0. The van der Waals surface area contributed by atoms with E-state index in [-0.39, 0.29) is 6.04 Å². The largest absolute Gasteiger partial charge is 0.383 e. The Hall–Kier alpha value is -3.16. The molecule has 6 nitrogen and oxygen atoms in total. The van der Waals surface area contributed by atoms with E-state index in [9.17, 15) is 8.42 Å². The highest BCUT2D eigenvalue weighted by atomic mass is 32.2. The first-order valence-electron chi connectivity index (χ1n) is 11.0. The molecule has 0 fully saturated rings. The number of fused-ring (bicyclic) bond motifs is 1. The van der Waals surface area contributed by atoms with Gasteiger partial charge in [-0.3, -0.25) is 0 Å². The topological polar surface area (TPSA) is 76.0 Å². The van der Waals surface area contributed by atoms with Crippen LogP contribution >= 0.6 is 0 Å². The molecule has 7 heteroatoms. The quantitative estimate of drug-likeness (QED) is 0.404. The molecule has 172 valence electrons. The minimum absolute atomic E-state index is 0.308. The fourth-order valence-corrected chi connectivity index (χ4v) is 6.09. The van der Waals surface area contributed by atoms with Crippen molar-refractivity contribution in [3.63, 3.8) is 0 Å². The first-order valence-corrected chi connectivity index (χ1v) is 12.5. The van der Waals surface area contributed by atoms with Crippen LogP contribution in [0.4, 0.5) is 5.69 Å². The number of aromatic nitrogens is 2. The summed E-state index contributed by atoms with van der Waals surface area (Å²) in [7, 11) is -3.63. The van der Waals surface area contributed by atoms with Crippen molar-refractivity contribution in [3.8, 4) is 5.69 Å². The fraction of sp³-hybridized carbons (Fsp3) is 0.269. The molecule has 1 heterocycles. The van der Waals surface area contributed by atoms with Crippen molar-refractivity contribution in [2.24, 2.45) is 0 Å². The van der Waals surface area contributed by atoms with E-state index in [1.807, 2.05) is 81.0 Å². The predicted molar refractivity (Wildman–Crippen MR) is 135 cm³/mol. The first kappa shape index (κ1) is 23.0. The van der Waals surface area contributed by atoms with Gasteiger partial charge in [-0.1, -0.05) is 35.9 Å². The lowest BCUT2D eigenvalue weighted by Crippen LogP contribution is -2.38. The Morgan fingerprint density at radius 2 is 1.64 bits per heavy atom. The average molecular weight is 463 g/mol. The van der Waals surface area contributed by atoms with Gasteiger partial charge in [-0.05, 0) is 75.6 Å². The molecule has 2 N–H and O–H groups in total. The summed E-state index contributed by atoms with van der Waals surface area (Å²) in [4.78, 5) is 0.362. The molecule has 4 aromatic rings. The van der Waals surface area contributed by atoms with E-state index in [0.29, 0.717) is 11.4 Å². The van der Waals surface area contributed by atoms with Crippen LogP contribution in [0, 0.1) is 27.7 Å². The number of nitrogens with one attached hydrogen (secondary N) is 2. The van der Waals surface area contributed by atoms with Crippen molar-refractivity contribution >= 4 is 26.6 Å². The molecule has 0 saturated carbocycles. The average Bonchev–Trinajstić information content (AvgIpc) is 3.15. The van der Waals surface area contributed by atoms with Crippen molar-refractivity contribution in [2.45, 2.75) is 45.6 Å². The number of benzene rings is 3. The van der Waals surface area contributed by atoms with Gasteiger partial charge >= 0.3 is 0 Å². The number of hydrogen-bond acceptors (Lipinski definition) is 4. The van der Waals surface area contributed by atoms with Crippen LogP contribution in [-0.2, 0) is 10.0 Å². The number of rotatable bonds is 7. The smallest absolute Gasteiger partial charge is 0.241 e. The van der Waals surface area contributed by atoms with Gasteiger partial charge in [0.25, 0.3) is 0 Å². The maximum atomic E-state index is 13.1. The van der Waals surface area contributed by atoms with Gasteiger partial charge in [0.05, 0.1) is 22.3 Å². The molecule has 33 heavy (non-hydrogen) atoms. The summed E-state index contributed by atoms with van der Waals surface area (Å²) in [6.07, 6.45) is 1.84. The minimum Gasteiger partial charge on any atom is -0.383 e. The number of hydrogen-bond donors (Lipinski definition) is 2. The van der Waals surface area contributed by atoms with Gasteiger partial charge in [0.15, 0.2) is 0 Å². The van der Waals surface area contributed by atoms with Crippen LogP contribution in [0.5, 0.6) is 0 Å². The van der Waals surface area contributed by atoms with Crippen LogP contribution in [-0.4, -0.2) is 30.8 Å². The lowest BCUT2D eigenvalue weighted by Gasteiger charge is -2.18. The molecule has 0 amide bonds. The predicted octanol–water partition coefficient (Wildman–Crippen LogP) is 5.04. The molecule has 1 atom stereocenters. The van der Waals surface area contributed by atoms with Gasteiger partial charge in [-0.15, -0.1) is 0 Å². The third-order valence-electron chi connectivity index (χ3n) is 5.69. The van der Waals surface area contributed by atoms with E-state index < -0.39 is 10.0 Å². The van der Waals surface area contributed by atoms with Crippen molar-refractivity contribution in [1.29, 1.82) is 0 Å². The van der Waals surface area contributed by atoms with Crippen LogP contribution in [0.3, 0.4) is 0 Å². The lowest BCUT2D eigenvalue weighted by molar-refractivity contribution is 0.564. The van der Waals surface area contributed by atoms with Gasteiger partial charge in [0.1, 0.15) is 0 Å². The van der Waals surface area contributed by atoms with E-state index in [1.54, 1.807) is 0 Å². The standard InChI is InChI=1S/C26H30N4O2S/c1-17-8-6-9-22(14-17)30-25-11-7-10-24(23(25)16-28-30)27-15-21(5)29-33(31,32)26-19(3)12-18(2)13-20(26)4/h6-14,16,21,27,29H,15H2,1-5H3/t21-/m0/s1. The number of nitrogens with zero attached hydrogens (tertiary/aromatic N) is 2. The molecule has 0 aliphatic carbocycles. The van der Waals surface area contributed by atoms with Gasteiger partial charge in [-0.2, -0.15) is 5.10 Å². The van der Waals surface area contributed by atoms with Crippen molar-refractivity contribution < 1.29 is 8.42 Å². The van der Waals surface area contributed by atoms with Gasteiger partial charge in [-0.25, -0.2) is 17.8 Å². The van der Waals surface area contributed by atoms with E-state index in [4.69, 9.17) is 0 Å². The van der Waals surface area contributed by atoms with Crippen LogP contribution in [0.15, 0.2) is 65.7 Å². The monoisotopic (exact) mass is 462 g/mol. The second-order valence-corrected chi connectivity index (χ2v) is 10.4. The second-order valence-electron chi connectivity index (χ2n) is 8.76. The van der Waals surface area contributed by atoms with Gasteiger partial charge in [0.2, 0.25) is 10.0 Å². The summed E-state index contributed by atoms with van der Waals surface area (Å²) in [5.41, 5.74) is 6.66. The van der Waals surface area contributed by atoms with Crippen LogP contribution in [0.2, 0.25) is 0 Å². The van der Waals surface area contributed by atoms with Gasteiger partial charge in [0, 0.05) is 23.7 Å². The van der Waals surface area contributed by atoms with Crippen LogP contribution in [0.1, 0.15) is 29.2 Å². The fourth-order valence-electron chi connectivity index (χ4n) is 4.39. The summed E-state index contributed by atoms with van der Waals surface area (Å²) in [5, 5.41) is 8.97. The minimum atomic E-state index is -3.63. The molecule has 0 bridgehead atoms. The summed E-state index contributed by atoms with van der Waals surface area (Å²) < 4.78 is 30.8. The van der Waals surface area contributed by atoms with Crippen molar-refractivity contribution in [2.75, 3.05) is 11.9 Å². The van der Waals surface area contributed by atoms with E-state index in [1.165, 1.54) is 5.56 Å². The molecule has 1 aromatic heterocycles. The third-order valence-corrected chi connectivity index (χ3v) is 7.58.